The van der Waals surface area contributed by atoms with Crippen molar-refractivity contribution in [1.82, 2.24) is 5.32 Å². The normalized spacial score (nSPS) is 15.6. The maximum atomic E-state index is 12.9. The molecule has 0 aliphatic carbocycles. The van der Waals surface area contributed by atoms with Crippen LogP contribution in [0.15, 0.2) is 24.3 Å². The Morgan fingerprint density at radius 1 is 1.05 bits per heavy atom. The molecule has 0 heterocycles. The Morgan fingerprint density at radius 3 is 2.16 bits per heavy atom. The number of hydrogen-bond donors (Lipinski definition) is 1. The molecule has 0 aliphatic heterocycles. The first kappa shape index (κ1) is 16.0. The molecule has 19 heavy (non-hydrogen) atoms. The van der Waals surface area contributed by atoms with Crippen LogP contribution in [0.25, 0.3) is 0 Å². The molecule has 1 aromatic carbocycles. The Balaban J connectivity index is 2.85. The lowest BCUT2D eigenvalue weighted by atomic mass is 9.98. The second kappa shape index (κ2) is 6.42. The lowest BCUT2D eigenvalue weighted by Crippen LogP contribution is -2.31. The molecule has 0 fully saturated rings. The van der Waals surface area contributed by atoms with E-state index < -0.39 is 11.7 Å². The van der Waals surface area contributed by atoms with Gasteiger partial charge in [-0.2, -0.15) is 13.2 Å². The van der Waals surface area contributed by atoms with Crippen molar-refractivity contribution in [2.24, 2.45) is 5.92 Å². The van der Waals surface area contributed by atoms with E-state index in [1.54, 1.807) is 19.1 Å². The van der Waals surface area contributed by atoms with Gasteiger partial charge in [0.15, 0.2) is 0 Å². The number of hydrogen-bond acceptors (Lipinski definition) is 1. The van der Waals surface area contributed by atoms with Crippen LogP contribution in [0.4, 0.5) is 13.2 Å². The van der Waals surface area contributed by atoms with E-state index in [1.165, 1.54) is 6.07 Å². The first-order valence-electron chi connectivity index (χ1n) is 6.64. The Morgan fingerprint density at radius 2 is 1.63 bits per heavy atom. The minimum atomic E-state index is -4.30. The van der Waals surface area contributed by atoms with Crippen LogP contribution in [0.2, 0.25) is 0 Å². The van der Waals surface area contributed by atoms with Crippen molar-refractivity contribution in [3.05, 3.63) is 35.4 Å². The van der Waals surface area contributed by atoms with Gasteiger partial charge in [0, 0.05) is 12.1 Å². The van der Waals surface area contributed by atoms with Crippen molar-refractivity contribution in [2.75, 3.05) is 0 Å². The van der Waals surface area contributed by atoms with Gasteiger partial charge in [-0.05, 0) is 37.8 Å². The summed E-state index contributed by atoms with van der Waals surface area (Å²) in [6.07, 6.45) is -3.35. The van der Waals surface area contributed by atoms with E-state index in [9.17, 15) is 13.2 Å². The quantitative estimate of drug-likeness (QED) is 0.813. The minimum Gasteiger partial charge on any atom is -0.308 e. The molecule has 1 N–H and O–H groups in total. The van der Waals surface area contributed by atoms with Gasteiger partial charge in [-0.1, -0.05) is 32.0 Å². The first-order valence-corrected chi connectivity index (χ1v) is 6.64. The van der Waals surface area contributed by atoms with Gasteiger partial charge >= 0.3 is 6.18 Å². The summed E-state index contributed by atoms with van der Waals surface area (Å²) in [6.45, 7) is 7.99. The Labute approximate surface area is 113 Å². The Kier molecular flexibility index (Phi) is 5.41. The van der Waals surface area contributed by atoms with Crippen molar-refractivity contribution >= 4 is 0 Å². The van der Waals surface area contributed by atoms with Crippen molar-refractivity contribution < 1.29 is 13.2 Å². The fourth-order valence-electron chi connectivity index (χ4n) is 2.42. The highest BCUT2D eigenvalue weighted by Gasteiger charge is 2.34. The average Bonchev–Trinajstić information content (AvgIpc) is 2.26. The maximum absolute atomic E-state index is 12.9. The second-order valence-electron chi connectivity index (χ2n) is 5.50. The summed E-state index contributed by atoms with van der Waals surface area (Å²) >= 11 is 0. The standard InChI is InChI=1S/C15H22F3N/c1-10(2)9-11(3)19-12(4)13-7-5-6-8-14(13)15(16,17)18/h5-8,10-12,19H,9H2,1-4H3. The first-order chi connectivity index (χ1) is 8.71. The molecule has 0 bridgehead atoms. The van der Waals surface area contributed by atoms with Gasteiger partial charge in [-0.3, -0.25) is 0 Å². The highest BCUT2D eigenvalue weighted by atomic mass is 19.4. The van der Waals surface area contributed by atoms with Crippen molar-refractivity contribution in [2.45, 2.75) is 52.4 Å². The predicted octanol–water partition coefficient (Wildman–Crippen LogP) is 4.79. The molecule has 0 radical (unpaired) electrons. The monoisotopic (exact) mass is 273 g/mol. The molecule has 1 aromatic rings. The van der Waals surface area contributed by atoms with E-state index in [0.29, 0.717) is 11.5 Å². The summed E-state index contributed by atoms with van der Waals surface area (Å²) in [6, 6.07) is 5.64. The number of benzene rings is 1. The van der Waals surface area contributed by atoms with E-state index in [-0.39, 0.29) is 12.1 Å². The molecule has 0 aromatic heterocycles. The maximum Gasteiger partial charge on any atom is 0.416 e. The summed E-state index contributed by atoms with van der Waals surface area (Å²) in [5, 5.41) is 3.24. The summed E-state index contributed by atoms with van der Waals surface area (Å²) < 4.78 is 38.8. The van der Waals surface area contributed by atoms with Gasteiger partial charge in [0.05, 0.1) is 5.56 Å². The molecule has 1 nitrogen and oxygen atoms in total. The third kappa shape index (κ3) is 4.86. The Bertz CT molecular complexity index is 399. The topological polar surface area (TPSA) is 12.0 Å². The van der Waals surface area contributed by atoms with Gasteiger partial charge < -0.3 is 5.32 Å². The third-order valence-corrected chi connectivity index (χ3v) is 3.09. The van der Waals surface area contributed by atoms with Gasteiger partial charge in [-0.15, -0.1) is 0 Å². The summed E-state index contributed by atoms with van der Waals surface area (Å²) in [5.74, 6) is 0.521. The van der Waals surface area contributed by atoms with Crippen LogP contribution in [0.1, 0.15) is 51.3 Å². The number of halogens is 3. The highest BCUT2D eigenvalue weighted by molar-refractivity contribution is 5.32. The van der Waals surface area contributed by atoms with Gasteiger partial charge in [0.2, 0.25) is 0 Å². The largest absolute Gasteiger partial charge is 0.416 e. The fourth-order valence-corrected chi connectivity index (χ4v) is 2.42. The second-order valence-corrected chi connectivity index (χ2v) is 5.50. The molecule has 0 aliphatic rings. The SMILES string of the molecule is CC(C)CC(C)NC(C)c1ccccc1C(F)(F)F. The average molecular weight is 273 g/mol. The highest BCUT2D eigenvalue weighted by Crippen LogP contribution is 2.34. The van der Waals surface area contributed by atoms with Crippen LogP contribution in [-0.2, 0) is 6.18 Å². The zero-order valence-electron chi connectivity index (χ0n) is 11.9. The van der Waals surface area contributed by atoms with Gasteiger partial charge in [0.1, 0.15) is 0 Å². The molecule has 0 saturated heterocycles. The fraction of sp³-hybridized carbons (Fsp3) is 0.600. The molecular weight excluding hydrogens is 251 g/mol. The van der Waals surface area contributed by atoms with Crippen LogP contribution in [-0.4, -0.2) is 6.04 Å². The molecular formula is C15H22F3N. The molecule has 2 unspecified atom stereocenters. The molecule has 0 saturated carbocycles. The zero-order valence-corrected chi connectivity index (χ0v) is 11.9. The van der Waals surface area contributed by atoms with E-state index in [0.717, 1.165) is 12.5 Å². The number of alkyl halides is 3. The molecule has 108 valence electrons. The van der Waals surface area contributed by atoms with Crippen LogP contribution in [0.5, 0.6) is 0 Å². The lowest BCUT2D eigenvalue weighted by Gasteiger charge is -2.24. The van der Waals surface area contributed by atoms with Gasteiger partial charge in [-0.25, -0.2) is 0 Å². The van der Waals surface area contributed by atoms with Crippen LogP contribution in [0.3, 0.4) is 0 Å². The molecule has 1 rings (SSSR count). The number of rotatable bonds is 5. The van der Waals surface area contributed by atoms with Crippen LogP contribution < -0.4 is 5.32 Å². The zero-order chi connectivity index (χ0) is 14.6. The number of nitrogens with one attached hydrogen (secondary N) is 1. The molecule has 2 atom stereocenters. The molecule has 0 spiro atoms. The van der Waals surface area contributed by atoms with Crippen molar-refractivity contribution in [3.8, 4) is 0 Å². The third-order valence-electron chi connectivity index (χ3n) is 3.09. The van der Waals surface area contributed by atoms with E-state index in [2.05, 4.69) is 19.2 Å². The molecule has 4 heteroatoms. The summed E-state index contributed by atoms with van der Waals surface area (Å²) in [7, 11) is 0. The van der Waals surface area contributed by atoms with Crippen LogP contribution in [0, 0.1) is 5.92 Å². The summed E-state index contributed by atoms with van der Waals surface area (Å²) in [5.41, 5.74) is -0.239. The molecule has 0 amide bonds. The minimum absolute atomic E-state index is 0.191. The predicted molar refractivity (Wildman–Crippen MR) is 71.9 cm³/mol. The van der Waals surface area contributed by atoms with E-state index >= 15 is 0 Å². The Hall–Kier alpha value is -1.03. The van der Waals surface area contributed by atoms with Crippen LogP contribution >= 0.6 is 0 Å². The van der Waals surface area contributed by atoms with E-state index in [1.807, 2.05) is 6.92 Å². The van der Waals surface area contributed by atoms with Gasteiger partial charge in [0.25, 0.3) is 0 Å². The summed E-state index contributed by atoms with van der Waals surface area (Å²) in [4.78, 5) is 0. The smallest absolute Gasteiger partial charge is 0.308 e. The lowest BCUT2D eigenvalue weighted by molar-refractivity contribution is -0.138. The van der Waals surface area contributed by atoms with Crippen molar-refractivity contribution in [3.63, 3.8) is 0 Å². The van der Waals surface area contributed by atoms with E-state index in [4.69, 9.17) is 0 Å². The van der Waals surface area contributed by atoms with Crippen molar-refractivity contribution in [1.29, 1.82) is 0 Å².